The molecule has 1 unspecified atom stereocenters. The first kappa shape index (κ1) is 15.9. The Balaban J connectivity index is 1.80. The summed E-state index contributed by atoms with van der Waals surface area (Å²) in [6.45, 7) is 6.37. The molecule has 2 heterocycles. The van der Waals surface area contributed by atoms with Gasteiger partial charge < -0.3 is 9.64 Å². The summed E-state index contributed by atoms with van der Waals surface area (Å²) in [5.74, 6) is 0.629. The standard InChI is InChI=1S/C19H24N2O2/c1-13-4-5-17-16(6-7-20-19(17)14(13)2)10-15-11-18(22)21(12-15)8-9-23-3/h4-7,15H,8-12H2,1-3H3. The molecule has 122 valence electrons. The van der Waals surface area contributed by atoms with Crippen LogP contribution in [-0.2, 0) is 16.0 Å². The van der Waals surface area contributed by atoms with E-state index in [0.29, 0.717) is 25.5 Å². The van der Waals surface area contributed by atoms with Gasteiger partial charge in [0.1, 0.15) is 0 Å². The third-order valence-corrected chi connectivity index (χ3v) is 4.90. The Bertz CT molecular complexity index is 727. The molecule has 1 aromatic heterocycles. The van der Waals surface area contributed by atoms with Gasteiger partial charge in [0, 0.05) is 38.2 Å². The topological polar surface area (TPSA) is 42.4 Å². The Labute approximate surface area is 137 Å². The molecule has 1 amide bonds. The van der Waals surface area contributed by atoms with Gasteiger partial charge in [-0.2, -0.15) is 0 Å². The molecule has 3 rings (SSSR count). The third-order valence-electron chi connectivity index (χ3n) is 4.90. The minimum absolute atomic E-state index is 0.248. The third kappa shape index (κ3) is 3.22. The van der Waals surface area contributed by atoms with Gasteiger partial charge in [0.15, 0.2) is 0 Å². The van der Waals surface area contributed by atoms with Crippen molar-refractivity contribution in [2.75, 3.05) is 26.8 Å². The molecule has 1 aromatic carbocycles. The lowest BCUT2D eigenvalue weighted by molar-refractivity contribution is -0.128. The Kier molecular flexibility index (Phi) is 4.62. The van der Waals surface area contributed by atoms with Crippen LogP contribution in [0.25, 0.3) is 10.9 Å². The molecule has 2 aromatic rings. The number of amides is 1. The molecular weight excluding hydrogens is 288 g/mol. The summed E-state index contributed by atoms with van der Waals surface area (Å²) >= 11 is 0. The molecule has 4 nitrogen and oxygen atoms in total. The van der Waals surface area contributed by atoms with E-state index in [1.165, 1.54) is 22.1 Å². The number of rotatable bonds is 5. The second-order valence-corrected chi connectivity index (χ2v) is 6.48. The van der Waals surface area contributed by atoms with E-state index in [9.17, 15) is 4.79 Å². The fourth-order valence-corrected chi connectivity index (χ4v) is 3.42. The Morgan fingerprint density at radius 1 is 1.30 bits per heavy atom. The average Bonchev–Trinajstić information content (AvgIpc) is 2.89. The minimum Gasteiger partial charge on any atom is -0.383 e. The molecule has 0 bridgehead atoms. The quantitative estimate of drug-likeness (QED) is 0.852. The molecule has 0 radical (unpaired) electrons. The maximum atomic E-state index is 12.1. The van der Waals surface area contributed by atoms with Gasteiger partial charge in [-0.3, -0.25) is 9.78 Å². The zero-order valence-electron chi connectivity index (χ0n) is 14.1. The first-order valence-corrected chi connectivity index (χ1v) is 8.20. The molecule has 4 heteroatoms. The van der Waals surface area contributed by atoms with E-state index in [1.807, 2.05) is 11.1 Å². The molecule has 1 aliphatic rings. The van der Waals surface area contributed by atoms with Crippen LogP contribution in [0.3, 0.4) is 0 Å². The number of hydrogen-bond donors (Lipinski definition) is 0. The highest BCUT2D eigenvalue weighted by Crippen LogP contribution is 2.27. The van der Waals surface area contributed by atoms with Gasteiger partial charge in [0.2, 0.25) is 5.91 Å². The summed E-state index contributed by atoms with van der Waals surface area (Å²) in [6.07, 6.45) is 3.46. The highest BCUT2D eigenvalue weighted by Gasteiger charge is 2.29. The molecule has 1 saturated heterocycles. The van der Waals surface area contributed by atoms with Crippen LogP contribution in [-0.4, -0.2) is 42.6 Å². The number of nitrogens with zero attached hydrogens (tertiary/aromatic N) is 2. The van der Waals surface area contributed by atoms with E-state index in [4.69, 9.17) is 4.74 Å². The van der Waals surface area contributed by atoms with Gasteiger partial charge >= 0.3 is 0 Å². The molecule has 0 aliphatic carbocycles. The number of carbonyl (C=O) groups excluding carboxylic acids is 1. The van der Waals surface area contributed by atoms with Crippen molar-refractivity contribution in [3.05, 3.63) is 41.1 Å². The first-order valence-electron chi connectivity index (χ1n) is 8.20. The lowest BCUT2D eigenvalue weighted by Crippen LogP contribution is -2.28. The van der Waals surface area contributed by atoms with Crippen molar-refractivity contribution in [1.29, 1.82) is 0 Å². The molecular formula is C19H24N2O2. The molecule has 0 spiro atoms. The van der Waals surface area contributed by atoms with E-state index in [2.05, 4.69) is 37.0 Å². The SMILES string of the molecule is COCCN1CC(Cc2ccnc3c(C)c(C)ccc23)CC1=O. The lowest BCUT2D eigenvalue weighted by Gasteiger charge is -2.16. The highest BCUT2D eigenvalue weighted by atomic mass is 16.5. The van der Waals surface area contributed by atoms with Crippen molar-refractivity contribution >= 4 is 16.8 Å². The average molecular weight is 312 g/mol. The van der Waals surface area contributed by atoms with Gasteiger partial charge in [-0.15, -0.1) is 0 Å². The fourth-order valence-electron chi connectivity index (χ4n) is 3.42. The maximum absolute atomic E-state index is 12.1. The summed E-state index contributed by atoms with van der Waals surface area (Å²) in [5, 5.41) is 1.22. The predicted octanol–water partition coefficient (Wildman–Crippen LogP) is 2.89. The first-order chi connectivity index (χ1) is 11.1. The largest absolute Gasteiger partial charge is 0.383 e. The van der Waals surface area contributed by atoms with Gasteiger partial charge in [-0.1, -0.05) is 12.1 Å². The number of ether oxygens (including phenoxy) is 1. The van der Waals surface area contributed by atoms with Crippen molar-refractivity contribution < 1.29 is 9.53 Å². The number of hydrogen-bond acceptors (Lipinski definition) is 3. The summed E-state index contributed by atoms with van der Waals surface area (Å²) in [6, 6.07) is 6.42. The van der Waals surface area contributed by atoms with E-state index < -0.39 is 0 Å². The van der Waals surface area contributed by atoms with Crippen LogP contribution < -0.4 is 0 Å². The number of fused-ring (bicyclic) bond motifs is 1. The van der Waals surface area contributed by atoms with Crippen LogP contribution in [0.4, 0.5) is 0 Å². The number of carbonyl (C=O) groups is 1. The number of aromatic nitrogens is 1. The molecule has 1 aliphatic heterocycles. The van der Waals surface area contributed by atoms with Gasteiger partial charge in [-0.25, -0.2) is 0 Å². The summed E-state index contributed by atoms with van der Waals surface area (Å²) < 4.78 is 5.09. The van der Waals surface area contributed by atoms with Crippen LogP contribution in [0.2, 0.25) is 0 Å². The second kappa shape index (κ2) is 6.67. The van der Waals surface area contributed by atoms with Crippen molar-refractivity contribution in [2.45, 2.75) is 26.7 Å². The molecule has 0 saturated carbocycles. The zero-order valence-corrected chi connectivity index (χ0v) is 14.1. The van der Waals surface area contributed by atoms with Crippen LogP contribution in [0.5, 0.6) is 0 Å². The number of methoxy groups -OCH3 is 1. The minimum atomic E-state index is 0.248. The number of pyridine rings is 1. The normalized spacial score (nSPS) is 18.1. The number of benzene rings is 1. The van der Waals surface area contributed by atoms with Crippen molar-refractivity contribution in [1.82, 2.24) is 9.88 Å². The fraction of sp³-hybridized carbons (Fsp3) is 0.474. The highest BCUT2D eigenvalue weighted by molar-refractivity contribution is 5.86. The van der Waals surface area contributed by atoms with E-state index in [1.54, 1.807) is 7.11 Å². The second-order valence-electron chi connectivity index (χ2n) is 6.48. The van der Waals surface area contributed by atoms with Gasteiger partial charge in [-0.05, 0) is 48.9 Å². The number of aryl methyl sites for hydroxylation is 2. The van der Waals surface area contributed by atoms with Crippen molar-refractivity contribution in [3.63, 3.8) is 0 Å². The summed E-state index contributed by atoms with van der Waals surface area (Å²) in [4.78, 5) is 18.6. The Morgan fingerprint density at radius 3 is 2.91 bits per heavy atom. The maximum Gasteiger partial charge on any atom is 0.223 e. The van der Waals surface area contributed by atoms with Crippen LogP contribution in [0, 0.1) is 19.8 Å². The van der Waals surface area contributed by atoms with E-state index in [0.717, 1.165) is 18.5 Å². The molecule has 0 N–H and O–H groups in total. The van der Waals surface area contributed by atoms with E-state index in [-0.39, 0.29) is 5.91 Å². The van der Waals surface area contributed by atoms with Crippen LogP contribution in [0.1, 0.15) is 23.1 Å². The molecule has 1 atom stereocenters. The number of likely N-dealkylation sites (tertiary alicyclic amines) is 1. The Hall–Kier alpha value is -1.94. The zero-order chi connectivity index (χ0) is 16.4. The van der Waals surface area contributed by atoms with Crippen molar-refractivity contribution in [2.24, 2.45) is 5.92 Å². The van der Waals surface area contributed by atoms with Crippen molar-refractivity contribution in [3.8, 4) is 0 Å². The van der Waals surface area contributed by atoms with E-state index >= 15 is 0 Å². The van der Waals surface area contributed by atoms with Crippen LogP contribution in [0.15, 0.2) is 24.4 Å². The summed E-state index contributed by atoms with van der Waals surface area (Å²) in [7, 11) is 1.67. The predicted molar refractivity (Wildman–Crippen MR) is 91.5 cm³/mol. The van der Waals surface area contributed by atoms with Gasteiger partial charge in [0.05, 0.1) is 12.1 Å². The molecule has 23 heavy (non-hydrogen) atoms. The molecule has 1 fully saturated rings. The smallest absolute Gasteiger partial charge is 0.223 e. The van der Waals surface area contributed by atoms with Gasteiger partial charge in [0.25, 0.3) is 0 Å². The lowest BCUT2D eigenvalue weighted by atomic mass is 9.94. The summed E-state index contributed by atoms with van der Waals surface area (Å²) in [5.41, 5.74) is 4.89. The van der Waals surface area contributed by atoms with Crippen LogP contribution >= 0.6 is 0 Å². The Morgan fingerprint density at radius 2 is 2.13 bits per heavy atom. The monoisotopic (exact) mass is 312 g/mol.